The van der Waals surface area contributed by atoms with Gasteiger partial charge in [0.2, 0.25) is 0 Å². The molecule has 0 fully saturated rings. The first-order valence-electron chi connectivity index (χ1n) is 9.68. The fraction of sp³-hybridized carbons (Fsp3) is 0.174. The van der Waals surface area contributed by atoms with Gasteiger partial charge in [0.25, 0.3) is 5.91 Å². The minimum Gasteiger partial charge on any atom is -0.337 e. The van der Waals surface area contributed by atoms with Crippen LogP contribution in [0.25, 0.3) is 16.3 Å². The van der Waals surface area contributed by atoms with Gasteiger partial charge in [-0.2, -0.15) is 0 Å². The minimum atomic E-state index is -0.114. The van der Waals surface area contributed by atoms with Crippen molar-refractivity contribution in [3.05, 3.63) is 83.4 Å². The predicted octanol–water partition coefficient (Wildman–Crippen LogP) is 6.01. The molecule has 2 aromatic carbocycles. The average molecular weight is 473 g/mol. The fourth-order valence-corrected chi connectivity index (χ4v) is 4.46. The highest BCUT2D eigenvalue weighted by Gasteiger charge is 2.18. The molecule has 160 valence electrons. The van der Waals surface area contributed by atoms with E-state index in [1.165, 1.54) is 11.3 Å². The molecule has 0 saturated carbocycles. The lowest BCUT2D eigenvalue weighted by molar-refractivity contribution is -0.114. The lowest BCUT2D eigenvalue weighted by Crippen LogP contribution is -2.30. The standard InChI is InChI=1S/C23H21ClN4OS.ClH/c1-17-6-4-9-20-22(17)26-23(30-20)28(14-5-13-27-15-12-25-16-27)21(29)11-10-18-7-2-3-8-19(18)24;/h2-4,6-12,15-16H,5,13-14H2,1H3;1H/b11-10+;. The zero-order valence-corrected chi connectivity index (χ0v) is 19.3. The first kappa shape index (κ1) is 23.0. The van der Waals surface area contributed by atoms with Crippen molar-refractivity contribution in [3.8, 4) is 0 Å². The number of carbonyl (C=O) groups excluding carboxylic acids is 1. The second-order valence-electron chi connectivity index (χ2n) is 6.92. The van der Waals surface area contributed by atoms with E-state index in [1.807, 2.05) is 60.2 Å². The third-order valence-electron chi connectivity index (χ3n) is 4.77. The zero-order chi connectivity index (χ0) is 20.9. The van der Waals surface area contributed by atoms with Gasteiger partial charge in [-0.15, -0.1) is 12.4 Å². The molecule has 0 spiro atoms. The Balaban J connectivity index is 0.00000272. The topological polar surface area (TPSA) is 51.0 Å². The SMILES string of the molecule is Cc1cccc2sc(N(CCCn3ccnc3)C(=O)/C=C/c3ccccc3Cl)nc12.Cl. The number of amides is 1. The van der Waals surface area contributed by atoms with E-state index in [0.717, 1.165) is 34.3 Å². The maximum atomic E-state index is 13.1. The van der Waals surface area contributed by atoms with Crippen molar-refractivity contribution in [2.24, 2.45) is 0 Å². The number of halogens is 2. The van der Waals surface area contributed by atoms with Gasteiger partial charge in [-0.25, -0.2) is 9.97 Å². The highest BCUT2D eigenvalue weighted by Crippen LogP contribution is 2.31. The molecule has 0 saturated heterocycles. The van der Waals surface area contributed by atoms with E-state index in [-0.39, 0.29) is 18.3 Å². The van der Waals surface area contributed by atoms with Crippen LogP contribution in [0.15, 0.2) is 67.3 Å². The van der Waals surface area contributed by atoms with Crippen LogP contribution in [-0.2, 0) is 11.3 Å². The summed E-state index contributed by atoms with van der Waals surface area (Å²) in [7, 11) is 0. The molecular weight excluding hydrogens is 451 g/mol. The summed E-state index contributed by atoms with van der Waals surface area (Å²) in [6.45, 7) is 3.37. The van der Waals surface area contributed by atoms with Crippen molar-refractivity contribution < 1.29 is 4.79 Å². The van der Waals surface area contributed by atoms with E-state index in [1.54, 1.807) is 29.6 Å². The lowest BCUT2D eigenvalue weighted by atomic mass is 10.2. The average Bonchev–Trinajstić information content (AvgIpc) is 3.41. The molecule has 8 heteroatoms. The third kappa shape index (κ3) is 5.53. The van der Waals surface area contributed by atoms with Crippen LogP contribution in [0.5, 0.6) is 0 Å². The molecule has 31 heavy (non-hydrogen) atoms. The molecule has 5 nitrogen and oxygen atoms in total. The van der Waals surface area contributed by atoms with Crippen LogP contribution in [0.3, 0.4) is 0 Å². The normalized spacial score (nSPS) is 11.0. The quantitative estimate of drug-likeness (QED) is 0.309. The van der Waals surface area contributed by atoms with Crippen molar-refractivity contribution in [1.82, 2.24) is 14.5 Å². The molecule has 0 radical (unpaired) electrons. The van der Waals surface area contributed by atoms with Gasteiger partial charge in [0.15, 0.2) is 5.13 Å². The predicted molar refractivity (Wildman–Crippen MR) is 131 cm³/mol. The number of aromatic nitrogens is 3. The van der Waals surface area contributed by atoms with Crippen LogP contribution in [-0.4, -0.2) is 27.0 Å². The number of rotatable bonds is 7. The summed E-state index contributed by atoms with van der Waals surface area (Å²) in [6.07, 6.45) is 9.57. The Morgan fingerprint density at radius 3 is 2.81 bits per heavy atom. The maximum Gasteiger partial charge on any atom is 0.252 e. The number of para-hydroxylation sites is 1. The Hall–Kier alpha value is -2.67. The van der Waals surface area contributed by atoms with Crippen molar-refractivity contribution in [3.63, 3.8) is 0 Å². The second-order valence-corrected chi connectivity index (χ2v) is 8.33. The monoisotopic (exact) mass is 472 g/mol. The summed E-state index contributed by atoms with van der Waals surface area (Å²) in [5.74, 6) is -0.114. The van der Waals surface area contributed by atoms with E-state index in [4.69, 9.17) is 16.6 Å². The van der Waals surface area contributed by atoms with E-state index in [2.05, 4.69) is 4.98 Å². The number of benzene rings is 2. The number of hydrogen-bond donors (Lipinski definition) is 0. The first-order valence-corrected chi connectivity index (χ1v) is 10.9. The smallest absolute Gasteiger partial charge is 0.252 e. The molecular formula is C23H22Cl2N4OS. The van der Waals surface area contributed by atoms with Crippen molar-refractivity contribution in [2.75, 3.05) is 11.4 Å². The van der Waals surface area contributed by atoms with Crippen LogP contribution in [0.1, 0.15) is 17.5 Å². The van der Waals surface area contributed by atoms with Crippen LogP contribution >= 0.6 is 35.3 Å². The summed E-state index contributed by atoms with van der Waals surface area (Å²) in [6, 6.07) is 13.6. The van der Waals surface area contributed by atoms with Crippen molar-refractivity contribution in [2.45, 2.75) is 19.9 Å². The van der Waals surface area contributed by atoms with E-state index >= 15 is 0 Å². The molecule has 0 unspecified atom stereocenters. The Kier molecular flexibility index (Phi) is 7.85. The summed E-state index contributed by atoms with van der Waals surface area (Å²) < 4.78 is 3.08. The van der Waals surface area contributed by atoms with E-state index < -0.39 is 0 Å². The van der Waals surface area contributed by atoms with Gasteiger partial charge in [-0.1, -0.05) is 53.3 Å². The molecule has 0 aliphatic heterocycles. The number of nitrogens with zero attached hydrogens (tertiary/aromatic N) is 4. The lowest BCUT2D eigenvalue weighted by Gasteiger charge is -2.18. The Bertz CT molecular complexity index is 1190. The highest BCUT2D eigenvalue weighted by atomic mass is 35.5. The van der Waals surface area contributed by atoms with Gasteiger partial charge in [-0.3, -0.25) is 9.69 Å². The molecule has 0 N–H and O–H groups in total. The van der Waals surface area contributed by atoms with Crippen molar-refractivity contribution >= 4 is 62.7 Å². The van der Waals surface area contributed by atoms with Gasteiger partial charge >= 0.3 is 0 Å². The van der Waals surface area contributed by atoms with Gasteiger partial charge in [-0.05, 0) is 42.7 Å². The van der Waals surface area contributed by atoms with Crippen LogP contribution < -0.4 is 4.90 Å². The molecule has 4 rings (SSSR count). The Morgan fingerprint density at radius 2 is 2.06 bits per heavy atom. The molecule has 2 aromatic heterocycles. The summed E-state index contributed by atoms with van der Waals surface area (Å²) >= 11 is 7.76. The summed E-state index contributed by atoms with van der Waals surface area (Å²) in [5, 5.41) is 1.32. The Labute approximate surface area is 196 Å². The van der Waals surface area contributed by atoms with Crippen LogP contribution in [0.4, 0.5) is 5.13 Å². The van der Waals surface area contributed by atoms with Gasteiger partial charge < -0.3 is 4.57 Å². The number of imidazole rings is 1. The van der Waals surface area contributed by atoms with E-state index in [0.29, 0.717) is 16.7 Å². The van der Waals surface area contributed by atoms with Crippen molar-refractivity contribution in [1.29, 1.82) is 0 Å². The van der Waals surface area contributed by atoms with Gasteiger partial charge in [0.1, 0.15) is 0 Å². The number of hydrogen-bond acceptors (Lipinski definition) is 4. The zero-order valence-electron chi connectivity index (χ0n) is 16.9. The van der Waals surface area contributed by atoms with Crippen LogP contribution in [0, 0.1) is 6.92 Å². The number of carbonyl (C=O) groups is 1. The molecule has 4 aromatic rings. The summed E-state index contributed by atoms with van der Waals surface area (Å²) in [4.78, 5) is 23.7. The molecule has 0 aliphatic rings. The second kappa shape index (κ2) is 10.6. The molecule has 0 atom stereocenters. The molecule has 0 bridgehead atoms. The van der Waals surface area contributed by atoms with Gasteiger partial charge in [0.05, 0.1) is 16.5 Å². The molecule has 2 heterocycles. The highest BCUT2D eigenvalue weighted by molar-refractivity contribution is 7.22. The Morgan fingerprint density at radius 1 is 1.23 bits per heavy atom. The van der Waals surface area contributed by atoms with E-state index in [9.17, 15) is 4.79 Å². The largest absolute Gasteiger partial charge is 0.337 e. The molecule has 0 aliphatic carbocycles. The van der Waals surface area contributed by atoms with Gasteiger partial charge in [0, 0.05) is 36.6 Å². The minimum absolute atomic E-state index is 0. The number of anilines is 1. The number of thiazole rings is 1. The number of aryl methyl sites for hydroxylation is 2. The maximum absolute atomic E-state index is 13.1. The summed E-state index contributed by atoms with van der Waals surface area (Å²) in [5.41, 5.74) is 2.86. The fourth-order valence-electron chi connectivity index (χ4n) is 3.18. The van der Waals surface area contributed by atoms with Crippen LogP contribution in [0.2, 0.25) is 5.02 Å². The first-order chi connectivity index (χ1) is 14.6. The number of fused-ring (bicyclic) bond motifs is 1. The third-order valence-corrected chi connectivity index (χ3v) is 6.16. The molecule has 1 amide bonds.